The van der Waals surface area contributed by atoms with Crippen molar-refractivity contribution in [3.63, 3.8) is 0 Å². The minimum Gasteiger partial charge on any atom is -0.381 e. The average Bonchev–Trinajstić information content (AvgIpc) is 3.22. The van der Waals surface area contributed by atoms with Crippen molar-refractivity contribution < 1.29 is 4.74 Å². The van der Waals surface area contributed by atoms with Gasteiger partial charge in [0, 0.05) is 44.0 Å². The van der Waals surface area contributed by atoms with E-state index in [-0.39, 0.29) is 0 Å². The third kappa shape index (κ3) is 2.54. The fourth-order valence-electron chi connectivity index (χ4n) is 2.54. The molecular formula is C14H21N3O. The number of ether oxygens (including phenoxy) is 1. The first-order valence-electron chi connectivity index (χ1n) is 7.05. The molecular weight excluding hydrogens is 226 g/mol. The SMILES string of the molecule is CCOCCc1nc2c(c(C3CC3)n1)CNCC2. The number of rotatable bonds is 5. The molecule has 4 nitrogen and oxygen atoms in total. The van der Waals surface area contributed by atoms with E-state index in [4.69, 9.17) is 14.7 Å². The van der Waals surface area contributed by atoms with Gasteiger partial charge in [-0.3, -0.25) is 0 Å². The Labute approximate surface area is 108 Å². The number of hydrogen-bond acceptors (Lipinski definition) is 4. The van der Waals surface area contributed by atoms with Crippen LogP contribution in [0.3, 0.4) is 0 Å². The van der Waals surface area contributed by atoms with Crippen LogP contribution in [0.2, 0.25) is 0 Å². The number of nitrogens with zero attached hydrogens (tertiary/aromatic N) is 2. The first kappa shape index (κ1) is 12.1. The Morgan fingerprint density at radius 2 is 2.22 bits per heavy atom. The molecule has 1 aromatic rings. The summed E-state index contributed by atoms with van der Waals surface area (Å²) in [6, 6.07) is 0. The van der Waals surface area contributed by atoms with Crippen molar-refractivity contribution in [1.82, 2.24) is 15.3 Å². The van der Waals surface area contributed by atoms with Crippen LogP contribution in [0.5, 0.6) is 0 Å². The number of nitrogens with one attached hydrogen (secondary N) is 1. The fourth-order valence-corrected chi connectivity index (χ4v) is 2.54. The van der Waals surface area contributed by atoms with Crippen molar-refractivity contribution in [2.75, 3.05) is 19.8 Å². The highest BCUT2D eigenvalue weighted by atomic mass is 16.5. The highest BCUT2D eigenvalue weighted by Crippen LogP contribution is 2.41. The van der Waals surface area contributed by atoms with Crippen LogP contribution in [-0.2, 0) is 24.1 Å². The molecule has 0 unspecified atom stereocenters. The van der Waals surface area contributed by atoms with Gasteiger partial charge in [0.25, 0.3) is 0 Å². The molecule has 0 aromatic carbocycles. The van der Waals surface area contributed by atoms with Gasteiger partial charge in [0.2, 0.25) is 0 Å². The summed E-state index contributed by atoms with van der Waals surface area (Å²) in [4.78, 5) is 9.51. The maximum atomic E-state index is 5.41. The lowest BCUT2D eigenvalue weighted by atomic mass is 10.0. The lowest BCUT2D eigenvalue weighted by Crippen LogP contribution is -2.27. The first-order chi connectivity index (χ1) is 8.88. The van der Waals surface area contributed by atoms with Crippen molar-refractivity contribution in [1.29, 1.82) is 0 Å². The second-order valence-corrected chi connectivity index (χ2v) is 5.10. The zero-order valence-corrected chi connectivity index (χ0v) is 11.0. The molecule has 1 N–H and O–H groups in total. The molecule has 4 heteroatoms. The first-order valence-corrected chi connectivity index (χ1v) is 7.05. The standard InChI is InChI=1S/C14H21N3O/c1-2-18-8-6-13-16-12-5-7-15-9-11(12)14(17-13)10-3-4-10/h10,15H,2-9H2,1H3. The van der Waals surface area contributed by atoms with E-state index in [1.165, 1.54) is 29.8 Å². The normalized spacial score (nSPS) is 18.7. The van der Waals surface area contributed by atoms with Crippen LogP contribution in [0.25, 0.3) is 0 Å². The molecule has 1 saturated carbocycles. The van der Waals surface area contributed by atoms with Gasteiger partial charge >= 0.3 is 0 Å². The molecule has 0 spiro atoms. The number of hydrogen-bond donors (Lipinski definition) is 1. The second-order valence-electron chi connectivity index (χ2n) is 5.10. The van der Waals surface area contributed by atoms with Crippen molar-refractivity contribution in [2.24, 2.45) is 0 Å². The largest absolute Gasteiger partial charge is 0.381 e. The summed E-state index contributed by atoms with van der Waals surface area (Å²) in [5.74, 6) is 1.68. The Hall–Kier alpha value is -1.00. The van der Waals surface area contributed by atoms with Crippen LogP contribution in [0.1, 0.15) is 48.5 Å². The molecule has 0 amide bonds. The van der Waals surface area contributed by atoms with Gasteiger partial charge < -0.3 is 10.1 Å². The minimum atomic E-state index is 0.701. The van der Waals surface area contributed by atoms with Gasteiger partial charge in [-0.15, -0.1) is 0 Å². The van der Waals surface area contributed by atoms with Crippen LogP contribution in [0.4, 0.5) is 0 Å². The molecule has 0 atom stereocenters. The highest BCUT2D eigenvalue weighted by molar-refractivity contribution is 5.33. The molecule has 0 radical (unpaired) electrons. The summed E-state index contributed by atoms with van der Waals surface area (Å²) in [5, 5.41) is 3.43. The van der Waals surface area contributed by atoms with E-state index in [9.17, 15) is 0 Å². The fraction of sp³-hybridized carbons (Fsp3) is 0.714. The molecule has 98 valence electrons. The van der Waals surface area contributed by atoms with E-state index in [1.807, 2.05) is 6.92 Å². The quantitative estimate of drug-likeness (QED) is 0.802. The van der Waals surface area contributed by atoms with Crippen molar-refractivity contribution in [3.05, 3.63) is 22.8 Å². The van der Waals surface area contributed by atoms with Gasteiger partial charge in [0.1, 0.15) is 5.82 Å². The Morgan fingerprint density at radius 3 is 3.00 bits per heavy atom. The van der Waals surface area contributed by atoms with Gasteiger partial charge in [0.05, 0.1) is 18.0 Å². The molecule has 3 rings (SSSR count). The third-order valence-electron chi connectivity index (χ3n) is 3.65. The summed E-state index contributed by atoms with van der Waals surface area (Å²) in [5.41, 5.74) is 3.97. The average molecular weight is 247 g/mol. The molecule has 1 aromatic heterocycles. The van der Waals surface area contributed by atoms with Crippen molar-refractivity contribution in [3.8, 4) is 0 Å². The molecule has 18 heavy (non-hydrogen) atoms. The topological polar surface area (TPSA) is 47.0 Å². The third-order valence-corrected chi connectivity index (χ3v) is 3.65. The lowest BCUT2D eigenvalue weighted by molar-refractivity contribution is 0.149. The maximum absolute atomic E-state index is 5.41. The number of fused-ring (bicyclic) bond motifs is 1. The maximum Gasteiger partial charge on any atom is 0.131 e. The van der Waals surface area contributed by atoms with Crippen LogP contribution in [0, 0.1) is 0 Å². The predicted molar refractivity (Wildman–Crippen MR) is 69.6 cm³/mol. The Kier molecular flexibility index (Phi) is 3.57. The van der Waals surface area contributed by atoms with Gasteiger partial charge in [-0.2, -0.15) is 0 Å². The Bertz CT molecular complexity index is 429. The lowest BCUT2D eigenvalue weighted by Gasteiger charge is -2.20. The van der Waals surface area contributed by atoms with Crippen LogP contribution >= 0.6 is 0 Å². The van der Waals surface area contributed by atoms with Gasteiger partial charge in [0.15, 0.2) is 0 Å². The monoisotopic (exact) mass is 247 g/mol. The van der Waals surface area contributed by atoms with E-state index in [2.05, 4.69) is 5.32 Å². The summed E-state index contributed by atoms with van der Waals surface area (Å²) in [7, 11) is 0. The van der Waals surface area contributed by atoms with Crippen molar-refractivity contribution >= 4 is 0 Å². The van der Waals surface area contributed by atoms with E-state index < -0.39 is 0 Å². The second kappa shape index (κ2) is 5.33. The van der Waals surface area contributed by atoms with E-state index in [1.54, 1.807) is 0 Å². The van der Waals surface area contributed by atoms with Crippen LogP contribution < -0.4 is 5.32 Å². The molecule has 0 saturated heterocycles. The molecule has 1 fully saturated rings. The van der Waals surface area contributed by atoms with Gasteiger partial charge in [-0.05, 0) is 19.8 Å². The number of aromatic nitrogens is 2. The van der Waals surface area contributed by atoms with Crippen molar-refractivity contribution in [2.45, 2.75) is 45.1 Å². The minimum absolute atomic E-state index is 0.701. The molecule has 1 aliphatic heterocycles. The molecule has 0 bridgehead atoms. The summed E-state index contributed by atoms with van der Waals surface area (Å²) < 4.78 is 5.41. The molecule has 1 aliphatic carbocycles. The van der Waals surface area contributed by atoms with E-state index in [0.29, 0.717) is 5.92 Å². The van der Waals surface area contributed by atoms with Gasteiger partial charge in [-0.25, -0.2) is 9.97 Å². The van der Waals surface area contributed by atoms with Gasteiger partial charge in [-0.1, -0.05) is 0 Å². The smallest absolute Gasteiger partial charge is 0.131 e. The molecule has 2 heterocycles. The summed E-state index contributed by atoms with van der Waals surface area (Å²) in [6.45, 7) is 5.52. The Morgan fingerprint density at radius 1 is 1.33 bits per heavy atom. The van der Waals surface area contributed by atoms with E-state index >= 15 is 0 Å². The van der Waals surface area contributed by atoms with E-state index in [0.717, 1.165) is 45.0 Å². The zero-order valence-electron chi connectivity index (χ0n) is 11.0. The van der Waals surface area contributed by atoms with Crippen LogP contribution in [0.15, 0.2) is 0 Å². The highest BCUT2D eigenvalue weighted by Gasteiger charge is 2.30. The Balaban J connectivity index is 1.84. The summed E-state index contributed by atoms with van der Waals surface area (Å²) >= 11 is 0. The zero-order chi connectivity index (χ0) is 12.4. The van der Waals surface area contributed by atoms with Crippen LogP contribution in [-0.4, -0.2) is 29.7 Å². The molecule has 2 aliphatic rings. The summed E-state index contributed by atoms with van der Waals surface area (Å²) in [6.07, 6.45) is 4.48. The predicted octanol–water partition coefficient (Wildman–Crippen LogP) is 1.58.